The maximum absolute atomic E-state index is 12.3. The molecule has 1 saturated heterocycles. The van der Waals surface area contributed by atoms with E-state index < -0.39 is 0 Å². The molecule has 6 heteroatoms. The standard InChI is InChI=1S/C15H16ClN3O2/c16-14-13(4-9-21-14)15(20)19-7-5-18(6-8-19)12-3-1-2-11(17)10-12/h1-4,9-10H,5-8,17H2. The van der Waals surface area contributed by atoms with Gasteiger partial charge in [0, 0.05) is 37.6 Å². The summed E-state index contributed by atoms with van der Waals surface area (Å²) in [6, 6.07) is 9.39. The normalized spacial score (nSPS) is 15.3. The lowest BCUT2D eigenvalue weighted by molar-refractivity contribution is 0.0746. The van der Waals surface area contributed by atoms with Crippen molar-refractivity contribution in [2.45, 2.75) is 0 Å². The molecule has 5 nitrogen and oxygen atoms in total. The Bertz CT molecular complexity index is 648. The van der Waals surface area contributed by atoms with E-state index in [-0.39, 0.29) is 11.1 Å². The van der Waals surface area contributed by atoms with E-state index >= 15 is 0 Å². The number of rotatable bonds is 2. The summed E-state index contributed by atoms with van der Waals surface area (Å²) in [5.74, 6) is -0.0824. The van der Waals surface area contributed by atoms with E-state index in [1.807, 2.05) is 24.3 Å². The van der Waals surface area contributed by atoms with Crippen LogP contribution >= 0.6 is 11.6 Å². The number of nitrogens with two attached hydrogens (primary N) is 1. The van der Waals surface area contributed by atoms with Gasteiger partial charge in [0.15, 0.2) is 0 Å². The zero-order chi connectivity index (χ0) is 14.8. The molecule has 0 radical (unpaired) electrons. The number of furan rings is 1. The van der Waals surface area contributed by atoms with Crippen LogP contribution in [-0.4, -0.2) is 37.0 Å². The van der Waals surface area contributed by atoms with Gasteiger partial charge in [0.25, 0.3) is 5.91 Å². The van der Waals surface area contributed by atoms with E-state index in [4.69, 9.17) is 21.8 Å². The Kier molecular flexibility index (Phi) is 3.75. The number of anilines is 2. The molecule has 0 spiro atoms. The third-order valence-corrected chi connectivity index (χ3v) is 3.94. The van der Waals surface area contributed by atoms with Crippen LogP contribution in [0.1, 0.15) is 10.4 Å². The predicted octanol–water partition coefficient (Wildman–Crippen LogP) is 2.48. The van der Waals surface area contributed by atoms with Crippen LogP contribution in [-0.2, 0) is 0 Å². The quantitative estimate of drug-likeness (QED) is 0.866. The van der Waals surface area contributed by atoms with Crippen molar-refractivity contribution >= 4 is 28.9 Å². The average molecular weight is 306 g/mol. The number of nitrogens with zero attached hydrogens (tertiary/aromatic N) is 2. The maximum Gasteiger partial charge on any atom is 0.258 e. The number of halogens is 1. The molecule has 0 aliphatic carbocycles. The van der Waals surface area contributed by atoms with Crippen molar-refractivity contribution in [2.24, 2.45) is 0 Å². The van der Waals surface area contributed by atoms with Crippen LogP contribution < -0.4 is 10.6 Å². The maximum atomic E-state index is 12.3. The molecule has 3 rings (SSSR count). The van der Waals surface area contributed by atoms with Crippen LogP contribution in [0.25, 0.3) is 0 Å². The van der Waals surface area contributed by atoms with Crippen molar-refractivity contribution < 1.29 is 9.21 Å². The highest BCUT2D eigenvalue weighted by Crippen LogP contribution is 2.22. The van der Waals surface area contributed by atoms with Crippen molar-refractivity contribution in [3.8, 4) is 0 Å². The zero-order valence-corrected chi connectivity index (χ0v) is 12.2. The van der Waals surface area contributed by atoms with E-state index in [1.54, 1.807) is 11.0 Å². The molecular formula is C15H16ClN3O2. The van der Waals surface area contributed by atoms with E-state index in [9.17, 15) is 4.79 Å². The lowest BCUT2D eigenvalue weighted by atomic mass is 10.2. The number of amides is 1. The second kappa shape index (κ2) is 5.69. The molecule has 0 saturated carbocycles. The number of benzene rings is 1. The molecular weight excluding hydrogens is 290 g/mol. The van der Waals surface area contributed by atoms with Crippen LogP contribution in [0.2, 0.25) is 5.22 Å². The summed E-state index contributed by atoms with van der Waals surface area (Å²) in [4.78, 5) is 16.3. The predicted molar refractivity (Wildman–Crippen MR) is 82.7 cm³/mol. The number of nitrogen functional groups attached to an aromatic ring is 1. The van der Waals surface area contributed by atoms with Crippen molar-refractivity contribution in [2.75, 3.05) is 36.8 Å². The molecule has 0 atom stereocenters. The Morgan fingerprint density at radius 3 is 2.57 bits per heavy atom. The lowest BCUT2D eigenvalue weighted by Gasteiger charge is -2.36. The summed E-state index contributed by atoms with van der Waals surface area (Å²) in [5, 5.41) is 0.151. The molecule has 1 aliphatic heterocycles. The van der Waals surface area contributed by atoms with Gasteiger partial charge in [-0.05, 0) is 35.9 Å². The zero-order valence-electron chi connectivity index (χ0n) is 11.5. The molecule has 2 heterocycles. The Labute approximate surface area is 127 Å². The third-order valence-electron chi connectivity index (χ3n) is 3.65. The van der Waals surface area contributed by atoms with Crippen molar-refractivity contribution in [3.63, 3.8) is 0 Å². The highest BCUT2D eigenvalue weighted by atomic mass is 35.5. The van der Waals surface area contributed by atoms with Gasteiger partial charge in [-0.15, -0.1) is 0 Å². The minimum Gasteiger partial charge on any atom is -0.452 e. The minimum atomic E-state index is -0.0824. The van der Waals surface area contributed by atoms with Crippen molar-refractivity contribution in [1.29, 1.82) is 0 Å². The molecule has 1 aromatic heterocycles. The first kappa shape index (κ1) is 13.8. The number of hydrogen-bond donors (Lipinski definition) is 1. The van der Waals surface area contributed by atoms with E-state index in [1.165, 1.54) is 6.26 Å². The van der Waals surface area contributed by atoms with Gasteiger partial charge in [0.1, 0.15) is 0 Å². The molecule has 1 amide bonds. The van der Waals surface area contributed by atoms with Crippen LogP contribution in [0.3, 0.4) is 0 Å². The highest BCUT2D eigenvalue weighted by Gasteiger charge is 2.24. The average Bonchev–Trinajstić information content (AvgIpc) is 2.93. The SMILES string of the molecule is Nc1cccc(N2CCN(C(=O)c3ccoc3Cl)CC2)c1. The largest absolute Gasteiger partial charge is 0.452 e. The number of carbonyl (C=O) groups excluding carboxylic acids is 1. The Hall–Kier alpha value is -2.14. The smallest absolute Gasteiger partial charge is 0.258 e. The van der Waals surface area contributed by atoms with Gasteiger partial charge in [0.05, 0.1) is 11.8 Å². The van der Waals surface area contributed by atoms with Gasteiger partial charge < -0.3 is 20.0 Å². The molecule has 0 bridgehead atoms. The fourth-order valence-corrected chi connectivity index (χ4v) is 2.70. The highest BCUT2D eigenvalue weighted by molar-refractivity contribution is 6.32. The Balaban J connectivity index is 1.65. The molecule has 2 aromatic rings. The number of piperazine rings is 1. The molecule has 1 aliphatic rings. The van der Waals surface area contributed by atoms with Gasteiger partial charge in [-0.3, -0.25) is 4.79 Å². The summed E-state index contributed by atoms with van der Waals surface area (Å²) >= 11 is 5.86. The van der Waals surface area contributed by atoms with Crippen LogP contribution in [0.4, 0.5) is 11.4 Å². The first-order valence-electron chi connectivity index (χ1n) is 6.78. The summed E-state index contributed by atoms with van der Waals surface area (Å²) < 4.78 is 4.97. The van der Waals surface area contributed by atoms with Gasteiger partial charge in [-0.2, -0.15) is 0 Å². The molecule has 21 heavy (non-hydrogen) atoms. The summed E-state index contributed by atoms with van der Waals surface area (Å²) in [5.41, 5.74) is 8.06. The fourth-order valence-electron chi connectivity index (χ4n) is 2.51. The summed E-state index contributed by atoms with van der Waals surface area (Å²) in [6.07, 6.45) is 1.43. The number of hydrogen-bond acceptors (Lipinski definition) is 4. The minimum absolute atomic E-state index is 0.0824. The van der Waals surface area contributed by atoms with Crippen LogP contribution in [0, 0.1) is 0 Å². The summed E-state index contributed by atoms with van der Waals surface area (Å²) in [6.45, 7) is 2.83. The second-order valence-electron chi connectivity index (χ2n) is 4.98. The molecule has 0 unspecified atom stereocenters. The van der Waals surface area contributed by atoms with Gasteiger partial charge in [-0.1, -0.05) is 6.07 Å². The van der Waals surface area contributed by atoms with Gasteiger partial charge >= 0.3 is 0 Å². The van der Waals surface area contributed by atoms with Crippen LogP contribution in [0.15, 0.2) is 41.0 Å². The topological polar surface area (TPSA) is 62.7 Å². The van der Waals surface area contributed by atoms with Crippen LogP contribution in [0.5, 0.6) is 0 Å². The molecule has 1 aromatic carbocycles. The van der Waals surface area contributed by atoms with Gasteiger partial charge in [0.2, 0.25) is 5.22 Å². The monoisotopic (exact) mass is 305 g/mol. The van der Waals surface area contributed by atoms with Crippen molar-refractivity contribution in [3.05, 3.63) is 47.4 Å². The van der Waals surface area contributed by atoms with E-state index in [0.717, 1.165) is 24.5 Å². The number of carbonyl (C=O) groups is 1. The van der Waals surface area contributed by atoms with Gasteiger partial charge in [-0.25, -0.2) is 0 Å². The van der Waals surface area contributed by atoms with Crippen molar-refractivity contribution in [1.82, 2.24) is 4.90 Å². The second-order valence-corrected chi connectivity index (χ2v) is 5.33. The Morgan fingerprint density at radius 2 is 1.95 bits per heavy atom. The first-order valence-corrected chi connectivity index (χ1v) is 7.16. The molecule has 110 valence electrons. The first-order chi connectivity index (χ1) is 10.1. The Morgan fingerprint density at radius 1 is 1.19 bits per heavy atom. The molecule has 1 fully saturated rings. The fraction of sp³-hybridized carbons (Fsp3) is 0.267. The lowest BCUT2D eigenvalue weighted by Crippen LogP contribution is -2.48. The summed E-state index contributed by atoms with van der Waals surface area (Å²) in [7, 11) is 0. The van der Waals surface area contributed by atoms with E-state index in [0.29, 0.717) is 18.7 Å². The van der Waals surface area contributed by atoms with E-state index in [2.05, 4.69) is 4.90 Å². The third kappa shape index (κ3) is 2.83. The molecule has 2 N–H and O–H groups in total.